The van der Waals surface area contributed by atoms with E-state index >= 15 is 0 Å². The second kappa shape index (κ2) is 3.85. The van der Waals surface area contributed by atoms with Crippen molar-refractivity contribution in [3.05, 3.63) is 39.1 Å². The molecule has 86 valence electrons. The van der Waals surface area contributed by atoms with Crippen LogP contribution in [0.15, 0.2) is 33.6 Å². The van der Waals surface area contributed by atoms with Crippen LogP contribution in [0.3, 0.4) is 0 Å². The van der Waals surface area contributed by atoms with Crippen LogP contribution in [0.1, 0.15) is 5.56 Å². The number of nitrogens with two attached hydrogens (primary N) is 1. The second-order valence-corrected chi connectivity index (χ2v) is 5.46. The van der Waals surface area contributed by atoms with E-state index in [4.69, 9.17) is 5.73 Å². The molecule has 3 nitrogen and oxygen atoms in total. The Morgan fingerprint density at radius 2 is 2.24 bits per heavy atom. The number of aryl methyl sites for hydroxylation is 1. The number of halogens is 1. The Bertz CT molecular complexity index is 699. The van der Waals surface area contributed by atoms with Crippen molar-refractivity contribution in [2.75, 3.05) is 5.73 Å². The number of nitrogen functional groups attached to an aromatic ring is 1. The number of anilines is 1. The highest BCUT2D eigenvalue weighted by Gasteiger charge is 2.15. The summed E-state index contributed by atoms with van der Waals surface area (Å²) >= 11 is 5.15. The molecule has 0 aliphatic heterocycles. The number of pyridine rings is 1. The minimum absolute atomic E-state index is 0.683. The van der Waals surface area contributed by atoms with Crippen LogP contribution < -0.4 is 5.73 Å². The zero-order chi connectivity index (χ0) is 12.0. The lowest BCUT2D eigenvalue weighted by molar-refractivity contribution is 1.17. The summed E-state index contributed by atoms with van der Waals surface area (Å²) in [6.07, 6.45) is 1.94. The van der Waals surface area contributed by atoms with E-state index in [1.54, 1.807) is 11.3 Å². The van der Waals surface area contributed by atoms with Crippen LogP contribution in [0, 0.1) is 6.92 Å². The fourth-order valence-corrected chi connectivity index (χ4v) is 3.34. The first-order chi connectivity index (χ1) is 8.18. The molecule has 0 fully saturated rings. The molecule has 0 saturated heterocycles. The van der Waals surface area contributed by atoms with Crippen LogP contribution in [-0.4, -0.2) is 9.38 Å². The van der Waals surface area contributed by atoms with Crippen LogP contribution in [0.4, 0.5) is 5.82 Å². The molecule has 0 aromatic carbocycles. The van der Waals surface area contributed by atoms with Gasteiger partial charge in [-0.1, -0.05) is 6.07 Å². The number of hydrogen-bond donors (Lipinski definition) is 1. The van der Waals surface area contributed by atoms with Gasteiger partial charge in [0.1, 0.15) is 17.2 Å². The normalized spacial score (nSPS) is 11.2. The molecule has 0 radical (unpaired) electrons. The Morgan fingerprint density at radius 1 is 1.41 bits per heavy atom. The van der Waals surface area contributed by atoms with Gasteiger partial charge in [0.2, 0.25) is 0 Å². The Kier molecular flexibility index (Phi) is 2.45. The summed E-state index contributed by atoms with van der Waals surface area (Å²) in [5, 5.41) is 4.09. The monoisotopic (exact) mass is 307 g/mol. The van der Waals surface area contributed by atoms with E-state index in [9.17, 15) is 0 Å². The van der Waals surface area contributed by atoms with E-state index in [-0.39, 0.29) is 0 Å². The highest BCUT2D eigenvalue weighted by molar-refractivity contribution is 9.10. The molecule has 0 aliphatic carbocycles. The van der Waals surface area contributed by atoms with Crippen molar-refractivity contribution in [3.63, 3.8) is 0 Å². The maximum Gasteiger partial charge on any atom is 0.142 e. The number of hydrogen-bond acceptors (Lipinski definition) is 3. The summed E-state index contributed by atoms with van der Waals surface area (Å²) < 4.78 is 2.96. The molecular weight excluding hydrogens is 298 g/mol. The third-order valence-electron chi connectivity index (χ3n) is 2.75. The SMILES string of the molecule is Cc1cccn2c(N)c(-c3cscc3Br)nc12. The second-order valence-electron chi connectivity index (χ2n) is 3.86. The first kappa shape index (κ1) is 10.8. The number of thiophene rings is 1. The molecule has 3 aromatic heterocycles. The quantitative estimate of drug-likeness (QED) is 0.744. The molecular formula is C12H10BrN3S. The van der Waals surface area contributed by atoms with Crippen molar-refractivity contribution in [1.29, 1.82) is 0 Å². The van der Waals surface area contributed by atoms with Gasteiger partial charge in [0.15, 0.2) is 0 Å². The molecule has 0 spiro atoms. The molecule has 0 amide bonds. The topological polar surface area (TPSA) is 43.3 Å². The molecule has 0 saturated carbocycles. The number of nitrogens with zero attached hydrogens (tertiary/aromatic N) is 2. The average molecular weight is 308 g/mol. The molecule has 0 unspecified atom stereocenters. The molecule has 3 heterocycles. The van der Waals surface area contributed by atoms with Crippen LogP contribution in [0.25, 0.3) is 16.9 Å². The molecule has 0 aliphatic rings. The first-order valence-electron chi connectivity index (χ1n) is 5.13. The van der Waals surface area contributed by atoms with Gasteiger partial charge in [-0.3, -0.25) is 4.40 Å². The zero-order valence-electron chi connectivity index (χ0n) is 9.14. The third-order valence-corrected chi connectivity index (χ3v) is 4.45. The maximum absolute atomic E-state index is 6.15. The smallest absolute Gasteiger partial charge is 0.142 e. The third kappa shape index (κ3) is 1.57. The minimum Gasteiger partial charge on any atom is -0.383 e. The van der Waals surface area contributed by atoms with Crippen molar-refractivity contribution >= 4 is 38.7 Å². The van der Waals surface area contributed by atoms with E-state index < -0.39 is 0 Å². The highest BCUT2D eigenvalue weighted by Crippen LogP contribution is 2.35. The summed E-state index contributed by atoms with van der Waals surface area (Å²) in [5.74, 6) is 0.683. The Hall–Kier alpha value is -1.33. The average Bonchev–Trinajstić information content (AvgIpc) is 2.85. The number of aromatic nitrogens is 2. The summed E-state index contributed by atoms with van der Waals surface area (Å²) in [6.45, 7) is 2.04. The predicted molar refractivity (Wildman–Crippen MR) is 75.4 cm³/mol. The van der Waals surface area contributed by atoms with Crippen molar-refractivity contribution in [1.82, 2.24) is 9.38 Å². The largest absolute Gasteiger partial charge is 0.383 e. The van der Waals surface area contributed by atoms with Gasteiger partial charge in [0.25, 0.3) is 0 Å². The molecule has 17 heavy (non-hydrogen) atoms. The first-order valence-corrected chi connectivity index (χ1v) is 6.87. The molecule has 3 rings (SSSR count). The standard InChI is InChI=1S/C12H10BrN3S/c1-7-3-2-4-16-11(14)10(15-12(7)16)8-5-17-6-9(8)13/h2-6H,14H2,1H3. The molecule has 2 N–H and O–H groups in total. The zero-order valence-corrected chi connectivity index (χ0v) is 11.5. The van der Waals surface area contributed by atoms with Gasteiger partial charge < -0.3 is 5.73 Å². The van der Waals surface area contributed by atoms with Gasteiger partial charge in [0, 0.05) is 27.0 Å². The number of fused-ring (bicyclic) bond motifs is 1. The molecule has 0 bridgehead atoms. The number of rotatable bonds is 1. The van der Waals surface area contributed by atoms with Crippen LogP contribution >= 0.6 is 27.3 Å². The van der Waals surface area contributed by atoms with Crippen LogP contribution in [0.2, 0.25) is 0 Å². The van der Waals surface area contributed by atoms with E-state index in [2.05, 4.69) is 26.3 Å². The summed E-state index contributed by atoms with van der Waals surface area (Å²) in [4.78, 5) is 4.63. The summed E-state index contributed by atoms with van der Waals surface area (Å²) in [7, 11) is 0. The van der Waals surface area contributed by atoms with Gasteiger partial charge in [-0.25, -0.2) is 4.98 Å². The lowest BCUT2D eigenvalue weighted by Crippen LogP contribution is -1.94. The maximum atomic E-state index is 6.15. The predicted octanol–water partition coefficient (Wildman–Crippen LogP) is 3.72. The molecule has 3 aromatic rings. The Labute approximate surface area is 111 Å². The van der Waals surface area contributed by atoms with Gasteiger partial charge in [-0.2, -0.15) is 11.3 Å². The summed E-state index contributed by atoms with van der Waals surface area (Å²) in [6, 6.07) is 4.01. The lowest BCUT2D eigenvalue weighted by Gasteiger charge is -1.98. The molecule has 5 heteroatoms. The fourth-order valence-electron chi connectivity index (χ4n) is 1.87. The van der Waals surface area contributed by atoms with E-state index in [1.165, 1.54) is 0 Å². The van der Waals surface area contributed by atoms with Gasteiger partial charge >= 0.3 is 0 Å². The van der Waals surface area contributed by atoms with E-state index in [0.29, 0.717) is 5.82 Å². The van der Waals surface area contributed by atoms with E-state index in [1.807, 2.05) is 35.0 Å². The summed E-state index contributed by atoms with van der Waals surface area (Å²) in [5.41, 5.74) is 10.1. The van der Waals surface area contributed by atoms with Crippen LogP contribution in [0.5, 0.6) is 0 Å². The lowest BCUT2D eigenvalue weighted by atomic mass is 10.2. The highest BCUT2D eigenvalue weighted by atomic mass is 79.9. The van der Waals surface area contributed by atoms with Gasteiger partial charge in [0.05, 0.1) is 0 Å². The fraction of sp³-hybridized carbons (Fsp3) is 0.0833. The number of imidazole rings is 1. The Balaban J connectivity index is 2.36. The molecule has 0 atom stereocenters. The van der Waals surface area contributed by atoms with E-state index in [0.717, 1.165) is 26.9 Å². The van der Waals surface area contributed by atoms with Crippen molar-refractivity contribution in [2.24, 2.45) is 0 Å². The van der Waals surface area contributed by atoms with Crippen LogP contribution in [-0.2, 0) is 0 Å². The van der Waals surface area contributed by atoms with Gasteiger partial charge in [-0.15, -0.1) is 0 Å². The van der Waals surface area contributed by atoms with Crippen molar-refractivity contribution in [3.8, 4) is 11.3 Å². The van der Waals surface area contributed by atoms with Gasteiger partial charge in [-0.05, 0) is 34.5 Å². The Morgan fingerprint density at radius 3 is 2.88 bits per heavy atom. The van der Waals surface area contributed by atoms with Crippen molar-refractivity contribution in [2.45, 2.75) is 6.92 Å². The van der Waals surface area contributed by atoms with Crippen molar-refractivity contribution < 1.29 is 0 Å². The minimum atomic E-state index is 0.683.